The van der Waals surface area contributed by atoms with Gasteiger partial charge < -0.3 is 16.0 Å². The molecule has 0 aromatic heterocycles. The molecule has 0 fully saturated rings. The minimum Gasteiger partial charge on any atom is -0.355 e. The van der Waals surface area contributed by atoms with Crippen LogP contribution in [0.2, 0.25) is 0 Å². The molecule has 0 aliphatic heterocycles. The van der Waals surface area contributed by atoms with Gasteiger partial charge in [0.25, 0.3) is 11.8 Å². The number of amides is 2. The van der Waals surface area contributed by atoms with Gasteiger partial charge in [0.05, 0.1) is 11.3 Å². The fraction of sp³-hybridized carbons (Fsp3) is 0.133. The molecule has 0 atom stereocenters. The Balaban J connectivity index is 1.40. The van der Waals surface area contributed by atoms with Crippen LogP contribution in [0, 0.1) is 0 Å². The number of carbonyl (C=O) groups excluding carboxylic acids is 2. The van der Waals surface area contributed by atoms with Gasteiger partial charge in [0, 0.05) is 22.6 Å². The fourth-order valence-electron chi connectivity index (χ4n) is 3.63. The van der Waals surface area contributed by atoms with Crippen molar-refractivity contribution in [3.05, 3.63) is 120 Å². The van der Waals surface area contributed by atoms with E-state index >= 15 is 0 Å². The molecule has 0 aliphatic carbocycles. The zero-order valence-electron chi connectivity index (χ0n) is 20.1. The largest absolute Gasteiger partial charge is 0.355 e. The van der Waals surface area contributed by atoms with Gasteiger partial charge >= 0.3 is 0 Å². The van der Waals surface area contributed by atoms with Crippen LogP contribution in [0.1, 0.15) is 47.1 Å². The predicted molar refractivity (Wildman–Crippen MR) is 144 cm³/mol. The first-order valence-electron chi connectivity index (χ1n) is 11.5. The molecule has 0 unspecified atom stereocenters. The lowest BCUT2D eigenvalue weighted by molar-refractivity contribution is 0.101. The van der Waals surface area contributed by atoms with Crippen LogP contribution in [-0.4, -0.2) is 11.8 Å². The zero-order valence-corrected chi connectivity index (χ0v) is 20.1. The van der Waals surface area contributed by atoms with E-state index in [-0.39, 0.29) is 17.2 Å². The Labute approximate surface area is 206 Å². The van der Waals surface area contributed by atoms with Gasteiger partial charge in [-0.3, -0.25) is 9.59 Å². The highest BCUT2D eigenvalue weighted by atomic mass is 16.2. The average Bonchev–Trinajstić information content (AvgIpc) is 2.86. The first-order chi connectivity index (χ1) is 16.8. The highest BCUT2D eigenvalue weighted by Gasteiger charge is 2.15. The van der Waals surface area contributed by atoms with Crippen molar-refractivity contribution in [3.63, 3.8) is 0 Å². The summed E-state index contributed by atoms with van der Waals surface area (Å²) >= 11 is 0. The van der Waals surface area contributed by atoms with Crippen LogP contribution < -0.4 is 16.0 Å². The smallest absolute Gasteiger partial charge is 0.257 e. The van der Waals surface area contributed by atoms with Crippen molar-refractivity contribution >= 4 is 34.6 Å². The standard InChI is InChI=1S/C30H29N3O2/c1-30(2,3)22-15-13-21(14-16-22)28(34)32-24-17-19-25(20-18-24)33-29(35)26-11-7-8-12-27(26)31-23-9-5-4-6-10-23/h4-20,31H,1-3H3,(H,32,34)(H,33,35). The molecule has 4 aromatic rings. The number of para-hydroxylation sites is 2. The molecule has 0 saturated carbocycles. The van der Waals surface area contributed by atoms with Gasteiger partial charge in [-0.15, -0.1) is 0 Å². The molecule has 176 valence electrons. The number of rotatable bonds is 6. The first-order valence-corrected chi connectivity index (χ1v) is 11.5. The van der Waals surface area contributed by atoms with Crippen LogP contribution in [0.25, 0.3) is 0 Å². The minimum atomic E-state index is -0.222. The van der Waals surface area contributed by atoms with Crippen molar-refractivity contribution in [2.75, 3.05) is 16.0 Å². The molecule has 0 spiro atoms. The van der Waals surface area contributed by atoms with E-state index in [1.165, 1.54) is 5.56 Å². The molecule has 2 amide bonds. The van der Waals surface area contributed by atoms with Crippen LogP contribution in [0.5, 0.6) is 0 Å². The normalized spacial score (nSPS) is 10.9. The van der Waals surface area contributed by atoms with Gasteiger partial charge in [-0.1, -0.05) is 63.2 Å². The summed E-state index contributed by atoms with van der Waals surface area (Å²) < 4.78 is 0. The summed E-state index contributed by atoms with van der Waals surface area (Å²) in [5.74, 6) is -0.400. The third kappa shape index (κ3) is 6.15. The van der Waals surface area contributed by atoms with Crippen LogP contribution in [-0.2, 0) is 5.41 Å². The Kier molecular flexibility index (Phi) is 6.97. The molecule has 0 heterocycles. The quantitative estimate of drug-likeness (QED) is 0.282. The van der Waals surface area contributed by atoms with Crippen LogP contribution in [0.3, 0.4) is 0 Å². The van der Waals surface area contributed by atoms with E-state index in [1.54, 1.807) is 30.3 Å². The zero-order chi connectivity index (χ0) is 24.8. The van der Waals surface area contributed by atoms with Crippen molar-refractivity contribution in [1.82, 2.24) is 0 Å². The van der Waals surface area contributed by atoms with Gasteiger partial charge in [-0.2, -0.15) is 0 Å². The first kappa shape index (κ1) is 23.8. The van der Waals surface area contributed by atoms with Crippen molar-refractivity contribution in [2.24, 2.45) is 0 Å². The summed E-state index contributed by atoms with van der Waals surface area (Å²) in [7, 11) is 0. The van der Waals surface area contributed by atoms with Crippen molar-refractivity contribution in [3.8, 4) is 0 Å². The minimum absolute atomic E-state index is 0.0351. The molecule has 0 aliphatic rings. The molecule has 5 heteroatoms. The maximum atomic E-state index is 12.9. The van der Waals surface area contributed by atoms with E-state index in [9.17, 15) is 9.59 Å². The van der Waals surface area contributed by atoms with E-state index in [0.717, 1.165) is 11.4 Å². The van der Waals surface area contributed by atoms with E-state index in [2.05, 4.69) is 36.7 Å². The SMILES string of the molecule is CC(C)(C)c1ccc(C(=O)Nc2ccc(NC(=O)c3ccccc3Nc3ccccc3)cc2)cc1. The Bertz CT molecular complexity index is 1310. The molecule has 4 rings (SSSR count). The lowest BCUT2D eigenvalue weighted by atomic mass is 9.87. The second-order valence-corrected chi connectivity index (χ2v) is 9.35. The Morgan fingerprint density at radius 2 is 1.11 bits per heavy atom. The third-order valence-electron chi connectivity index (χ3n) is 5.64. The maximum absolute atomic E-state index is 12.9. The fourth-order valence-corrected chi connectivity index (χ4v) is 3.63. The number of carbonyl (C=O) groups is 2. The maximum Gasteiger partial charge on any atom is 0.257 e. The lowest BCUT2D eigenvalue weighted by Gasteiger charge is -2.19. The summed E-state index contributed by atoms with van der Waals surface area (Å²) in [4.78, 5) is 25.6. The molecular formula is C30H29N3O2. The molecule has 0 saturated heterocycles. The molecule has 4 aromatic carbocycles. The molecule has 0 radical (unpaired) electrons. The summed E-state index contributed by atoms with van der Waals surface area (Å²) in [6, 6.07) is 31.8. The number of anilines is 4. The highest BCUT2D eigenvalue weighted by molar-refractivity contribution is 6.08. The van der Waals surface area contributed by atoms with Crippen molar-refractivity contribution in [1.29, 1.82) is 0 Å². The Morgan fingerprint density at radius 1 is 0.571 bits per heavy atom. The van der Waals surface area contributed by atoms with E-state index in [0.29, 0.717) is 22.5 Å². The summed E-state index contributed by atoms with van der Waals surface area (Å²) in [6.45, 7) is 6.42. The number of hydrogen-bond donors (Lipinski definition) is 3. The lowest BCUT2D eigenvalue weighted by Crippen LogP contribution is -2.15. The van der Waals surface area contributed by atoms with Gasteiger partial charge in [-0.05, 0) is 71.6 Å². The molecule has 35 heavy (non-hydrogen) atoms. The van der Waals surface area contributed by atoms with Gasteiger partial charge in [0.2, 0.25) is 0 Å². The van der Waals surface area contributed by atoms with Gasteiger partial charge in [0.1, 0.15) is 0 Å². The van der Waals surface area contributed by atoms with Gasteiger partial charge in [-0.25, -0.2) is 0 Å². The topological polar surface area (TPSA) is 70.2 Å². The number of nitrogens with one attached hydrogen (secondary N) is 3. The van der Waals surface area contributed by atoms with Crippen molar-refractivity contribution < 1.29 is 9.59 Å². The van der Waals surface area contributed by atoms with Crippen molar-refractivity contribution in [2.45, 2.75) is 26.2 Å². The Morgan fingerprint density at radius 3 is 1.71 bits per heavy atom. The second kappa shape index (κ2) is 10.3. The molecule has 0 bridgehead atoms. The summed E-state index contributed by atoms with van der Waals surface area (Å²) in [6.07, 6.45) is 0. The predicted octanol–water partition coefficient (Wildman–Crippen LogP) is 7.23. The third-order valence-corrected chi connectivity index (χ3v) is 5.64. The van der Waals surface area contributed by atoms with E-state index < -0.39 is 0 Å². The summed E-state index contributed by atoms with van der Waals surface area (Å²) in [5, 5.41) is 9.12. The van der Waals surface area contributed by atoms with E-state index in [1.807, 2.05) is 72.8 Å². The molecule has 5 nitrogen and oxygen atoms in total. The Hall–Kier alpha value is -4.38. The molecular weight excluding hydrogens is 434 g/mol. The van der Waals surface area contributed by atoms with Crippen LogP contribution in [0.4, 0.5) is 22.7 Å². The second-order valence-electron chi connectivity index (χ2n) is 9.35. The number of hydrogen-bond acceptors (Lipinski definition) is 3. The van der Waals surface area contributed by atoms with Gasteiger partial charge in [0.15, 0.2) is 0 Å². The average molecular weight is 464 g/mol. The van der Waals surface area contributed by atoms with Crippen LogP contribution in [0.15, 0.2) is 103 Å². The monoisotopic (exact) mass is 463 g/mol. The highest BCUT2D eigenvalue weighted by Crippen LogP contribution is 2.24. The summed E-state index contributed by atoms with van der Waals surface area (Å²) in [5.41, 5.74) is 5.25. The molecule has 3 N–H and O–H groups in total. The van der Waals surface area contributed by atoms with Crippen LogP contribution >= 0.6 is 0 Å². The number of benzene rings is 4. The van der Waals surface area contributed by atoms with E-state index in [4.69, 9.17) is 0 Å².